The van der Waals surface area contributed by atoms with Crippen molar-refractivity contribution in [3.63, 3.8) is 0 Å². The quantitative estimate of drug-likeness (QED) is 0.768. The number of rotatable bonds is 9. The molecule has 0 atom stereocenters. The van der Waals surface area contributed by atoms with Gasteiger partial charge < -0.3 is 14.8 Å². The number of ether oxygens (including phenoxy) is 2. The summed E-state index contributed by atoms with van der Waals surface area (Å²) in [4.78, 5) is 11.9. The second-order valence-corrected chi connectivity index (χ2v) is 5.63. The second-order valence-electron chi connectivity index (χ2n) is 5.63. The van der Waals surface area contributed by atoms with Gasteiger partial charge in [-0.25, -0.2) is 0 Å². The highest BCUT2D eigenvalue weighted by molar-refractivity contribution is 5.75. The maximum atomic E-state index is 11.9. The number of benzene rings is 2. The molecule has 0 heterocycles. The number of hydrogen-bond acceptors (Lipinski definition) is 3. The second kappa shape index (κ2) is 9.60. The van der Waals surface area contributed by atoms with E-state index in [2.05, 4.69) is 17.4 Å². The number of carbonyl (C=O) groups excluding carboxylic acids is 1. The van der Waals surface area contributed by atoms with Gasteiger partial charge in [0.25, 0.3) is 0 Å². The Bertz CT molecular complexity index is 641. The lowest BCUT2D eigenvalue weighted by molar-refractivity contribution is -0.121. The summed E-state index contributed by atoms with van der Waals surface area (Å²) < 4.78 is 10.5. The van der Waals surface area contributed by atoms with E-state index >= 15 is 0 Å². The lowest BCUT2D eigenvalue weighted by Gasteiger charge is -2.09. The molecule has 0 aliphatic carbocycles. The fourth-order valence-corrected chi connectivity index (χ4v) is 2.57. The van der Waals surface area contributed by atoms with E-state index in [1.165, 1.54) is 5.56 Å². The van der Waals surface area contributed by atoms with Gasteiger partial charge in [0.15, 0.2) is 11.5 Å². The summed E-state index contributed by atoms with van der Waals surface area (Å²) in [5.41, 5.74) is 2.38. The van der Waals surface area contributed by atoms with Crippen LogP contribution in [0, 0.1) is 0 Å². The Kier molecular flexibility index (Phi) is 7.15. The van der Waals surface area contributed by atoms with Crippen molar-refractivity contribution < 1.29 is 14.3 Å². The van der Waals surface area contributed by atoms with Gasteiger partial charge >= 0.3 is 0 Å². The van der Waals surface area contributed by atoms with Crippen LogP contribution >= 0.6 is 0 Å². The Morgan fingerprint density at radius 3 is 2.38 bits per heavy atom. The monoisotopic (exact) mass is 327 g/mol. The largest absolute Gasteiger partial charge is 0.493 e. The molecule has 2 aromatic rings. The van der Waals surface area contributed by atoms with Gasteiger partial charge in [-0.15, -0.1) is 0 Å². The van der Waals surface area contributed by atoms with Crippen LogP contribution in [0.25, 0.3) is 0 Å². The number of methoxy groups -OCH3 is 2. The van der Waals surface area contributed by atoms with Crippen molar-refractivity contribution in [1.82, 2.24) is 5.32 Å². The highest BCUT2D eigenvalue weighted by Gasteiger charge is 2.06. The van der Waals surface area contributed by atoms with E-state index in [1.807, 2.05) is 36.4 Å². The van der Waals surface area contributed by atoms with Crippen molar-refractivity contribution in [1.29, 1.82) is 0 Å². The molecule has 0 radical (unpaired) electrons. The van der Waals surface area contributed by atoms with Crippen molar-refractivity contribution in [2.45, 2.75) is 25.7 Å². The molecule has 2 aromatic carbocycles. The fraction of sp³-hybridized carbons (Fsp3) is 0.350. The topological polar surface area (TPSA) is 47.6 Å². The van der Waals surface area contributed by atoms with Crippen LogP contribution < -0.4 is 14.8 Å². The molecule has 0 saturated heterocycles. The highest BCUT2D eigenvalue weighted by Crippen LogP contribution is 2.28. The fourth-order valence-electron chi connectivity index (χ4n) is 2.57. The summed E-state index contributed by atoms with van der Waals surface area (Å²) in [6, 6.07) is 16.0. The minimum absolute atomic E-state index is 0.103. The molecule has 0 bridgehead atoms. The first-order chi connectivity index (χ1) is 11.7. The SMILES string of the molecule is COc1ccc(CCCC(=O)NCCc2ccccc2)cc1OC. The number of carbonyl (C=O) groups is 1. The molecule has 0 aromatic heterocycles. The maximum Gasteiger partial charge on any atom is 0.220 e. The Morgan fingerprint density at radius 2 is 1.67 bits per heavy atom. The van der Waals surface area contributed by atoms with Crippen LogP contribution in [-0.4, -0.2) is 26.7 Å². The van der Waals surface area contributed by atoms with E-state index in [-0.39, 0.29) is 5.91 Å². The zero-order chi connectivity index (χ0) is 17.2. The van der Waals surface area contributed by atoms with Gasteiger partial charge in [0.1, 0.15) is 0 Å². The van der Waals surface area contributed by atoms with Gasteiger partial charge in [0, 0.05) is 13.0 Å². The van der Waals surface area contributed by atoms with Gasteiger partial charge in [0.2, 0.25) is 5.91 Å². The zero-order valence-electron chi connectivity index (χ0n) is 14.4. The molecule has 2 rings (SSSR count). The molecule has 0 aliphatic heterocycles. The molecule has 4 nitrogen and oxygen atoms in total. The lowest BCUT2D eigenvalue weighted by atomic mass is 10.1. The molecule has 0 saturated carbocycles. The predicted molar refractivity (Wildman–Crippen MR) is 95.6 cm³/mol. The van der Waals surface area contributed by atoms with Gasteiger partial charge in [-0.2, -0.15) is 0 Å². The van der Waals surface area contributed by atoms with Crippen molar-refractivity contribution in [2.75, 3.05) is 20.8 Å². The Labute approximate surface area is 143 Å². The van der Waals surface area contributed by atoms with Crippen molar-refractivity contribution >= 4 is 5.91 Å². The smallest absolute Gasteiger partial charge is 0.220 e. The lowest BCUT2D eigenvalue weighted by Crippen LogP contribution is -2.25. The molecule has 24 heavy (non-hydrogen) atoms. The first kappa shape index (κ1) is 17.9. The minimum atomic E-state index is 0.103. The minimum Gasteiger partial charge on any atom is -0.493 e. The van der Waals surface area contributed by atoms with Crippen molar-refractivity contribution in [3.05, 3.63) is 59.7 Å². The first-order valence-corrected chi connectivity index (χ1v) is 8.24. The van der Waals surface area contributed by atoms with E-state index in [0.29, 0.717) is 13.0 Å². The third-order valence-electron chi connectivity index (χ3n) is 3.90. The highest BCUT2D eigenvalue weighted by atomic mass is 16.5. The molecule has 0 spiro atoms. The predicted octanol–water partition coefficient (Wildman–Crippen LogP) is 3.39. The van der Waals surface area contributed by atoms with Crippen molar-refractivity contribution in [3.8, 4) is 11.5 Å². The van der Waals surface area contributed by atoms with Crippen LogP contribution in [0.2, 0.25) is 0 Å². The van der Waals surface area contributed by atoms with Crippen LogP contribution in [0.15, 0.2) is 48.5 Å². The van der Waals surface area contributed by atoms with Gasteiger partial charge in [-0.1, -0.05) is 36.4 Å². The molecule has 0 unspecified atom stereocenters. The maximum absolute atomic E-state index is 11.9. The molecule has 0 aliphatic rings. The molecule has 0 fully saturated rings. The third-order valence-corrected chi connectivity index (χ3v) is 3.90. The number of amides is 1. The summed E-state index contributed by atoms with van der Waals surface area (Å²) in [6.07, 6.45) is 3.05. The van der Waals surface area contributed by atoms with E-state index in [9.17, 15) is 4.79 Å². The van der Waals surface area contributed by atoms with E-state index in [1.54, 1.807) is 14.2 Å². The summed E-state index contributed by atoms with van der Waals surface area (Å²) >= 11 is 0. The number of hydrogen-bond donors (Lipinski definition) is 1. The van der Waals surface area contributed by atoms with Crippen LogP contribution in [0.5, 0.6) is 11.5 Å². The van der Waals surface area contributed by atoms with E-state index in [0.717, 1.165) is 36.3 Å². The Morgan fingerprint density at radius 1 is 0.917 bits per heavy atom. The van der Waals surface area contributed by atoms with Gasteiger partial charge in [0.05, 0.1) is 14.2 Å². The van der Waals surface area contributed by atoms with E-state index in [4.69, 9.17) is 9.47 Å². The zero-order valence-corrected chi connectivity index (χ0v) is 14.4. The third kappa shape index (κ3) is 5.61. The molecule has 1 N–H and O–H groups in total. The summed E-state index contributed by atoms with van der Waals surface area (Å²) in [5.74, 6) is 1.55. The molecule has 4 heteroatoms. The van der Waals surface area contributed by atoms with Crippen molar-refractivity contribution in [2.24, 2.45) is 0 Å². The van der Waals surface area contributed by atoms with Crippen LogP contribution in [0.1, 0.15) is 24.0 Å². The Balaban J connectivity index is 1.69. The van der Waals surface area contributed by atoms with Crippen LogP contribution in [0.4, 0.5) is 0 Å². The molecular formula is C20H25NO3. The molecular weight excluding hydrogens is 302 g/mol. The first-order valence-electron chi connectivity index (χ1n) is 8.24. The normalized spacial score (nSPS) is 10.2. The van der Waals surface area contributed by atoms with E-state index < -0.39 is 0 Å². The average Bonchev–Trinajstić information content (AvgIpc) is 2.62. The van der Waals surface area contributed by atoms with Crippen LogP contribution in [0.3, 0.4) is 0 Å². The summed E-state index contributed by atoms with van der Waals surface area (Å²) in [7, 11) is 3.25. The summed E-state index contributed by atoms with van der Waals surface area (Å²) in [5, 5.41) is 2.97. The van der Waals surface area contributed by atoms with Crippen LogP contribution in [-0.2, 0) is 17.6 Å². The standard InChI is InChI=1S/C20H25NO3/c1-23-18-12-11-17(15-19(18)24-2)9-6-10-20(22)21-14-13-16-7-4-3-5-8-16/h3-5,7-8,11-12,15H,6,9-10,13-14H2,1-2H3,(H,21,22). The van der Waals surface area contributed by atoms with Gasteiger partial charge in [-0.3, -0.25) is 4.79 Å². The Hall–Kier alpha value is -2.49. The molecule has 1 amide bonds. The number of nitrogens with one attached hydrogen (secondary N) is 1. The molecule has 128 valence electrons. The average molecular weight is 327 g/mol. The van der Waals surface area contributed by atoms with Gasteiger partial charge in [-0.05, 0) is 42.5 Å². The summed E-state index contributed by atoms with van der Waals surface area (Å²) in [6.45, 7) is 0.680. The number of aryl methyl sites for hydroxylation is 1.